The average Bonchev–Trinajstić information content (AvgIpc) is 3.15. The summed E-state index contributed by atoms with van der Waals surface area (Å²) in [6.07, 6.45) is 0.456. The van der Waals surface area contributed by atoms with E-state index in [-0.39, 0.29) is 18.4 Å². The minimum atomic E-state index is -0.613. The van der Waals surface area contributed by atoms with Crippen LogP contribution in [0.1, 0.15) is 21.7 Å². The number of carbonyl (C=O) groups excluding carboxylic acids is 2. The molecule has 1 aliphatic heterocycles. The maximum atomic E-state index is 12.5. The van der Waals surface area contributed by atoms with Crippen LogP contribution in [0.4, 0.5) is 0 Å². The Labute approximate surface area is 149 Å². The van der Waals surface area contributed by atoms with E-state index in [1.54, 1.807) is 10.7 Å². The first-order valence-electron chi connectivity index (χ1n) is 8.21. The molecule has 26 heavy (non-hydrogen) atoms. The Bertz CT molecular complexity index is 953. The zero-order valence-corrected chi connectivity index (χ0v) is 13.8. The predicted octanol–water partition coefficient (Wildman–Crippen LogP) is 0.633. The Morgan fingerprint density at radius 3 is 2.77 bits per heavy atom. The summed E-state index contributed by atoms with van der Waals surface area (Å²) in [6, 6.07) is 16.1. The molecule has 0 saturated heterocycles. The number of aromatic nitrogens is 4. The molecule has 2 aromatic carbocycles. The van der Waals surface area contributed by atoms with Crippen molar-refractivity contribution in [1.29, 1.82) is 0 Å². The van der Waals surface area contributed by atoms with E-state index in [1.165, 1.54) is 0 Å². The zero-order valence-electron chi connectivity index (χ0n) is 13.8. The van der Waals surface area contributed by atoms with E-state index in [4.69, 9.17) is 0 Å². The highest BCUT2D eigenvalue weighted by Crippen LogP contribution is 2.16. The van der Waals surface area contributed by atoms with Gasteiger partial charge in [0.15, 0.2) is 5.82 Å². The van der Waals surface area contributed by atoms with Gasteiger partial charge < -0.3 is 10.6 Å². The maximum Gasteiger partial charge on any atom is 0.252 e. The summed E-state index contributed by atoms with van der Waals surface area (Å²) >= 11 is 0. The van der Waals surface area contributed by atoms with Crippen molar-refractivity contribution < 1.29 is 9.59 Å². The molecule has 0 unspecified atom stereocenters. The number of rotatable bonds is 4. The summed E-state index contributed by atoms with van der Waals surface area (Å²) in [6.45, 7) is 0.161. The molecule has 4 rings (SSSR count). The lowest BCUT2D eigenvalue weighted by Gasteiger charge is -2.24. The highest BCUT2D eigenvalue weighted by molar-refractivity contribution is 6.00. The number of nitrogens with one attached hydrogen (secondary N) is 2. The molecular weight excluding hydrogens is 332 g/mol. The number of hydrogen-bond donors (Lipinski definition) is 2. The standard InChI is InChI=1S/C18H16N6O2/c25-17-14-9-5-4-6-12(14)10-15(20-17)18(26)19-11-16-21-22-23-24(16)13-7-2-1-3-8-13/h1-9,15H,10-11H2,(H,19,26)(H,20,25)/t15-/m0/s1. The van der Waals surface area contributed by atoms with Gasteiger partial charge in [-0.15, -0.1) is 5.10 Å². The number of amides is 2. The van der Waals surface area contributed by atoms with Crippen molar-refractivity contribution in [1.82, 2.24) is 30.8 Å². The van der Waals surface area contributed by atoms with Crippen LogP contribution in [-0.4, -0.2) is 38.1 Å². The van der Waals surface area contributed by atoms with Gasteiger partial charge in [0.1, 0.15) is 6.04 Å². The van der Waals surface area contributed by atoms with E-state index in [0.717, 1.165) is 11.3 Å². The normalized spacial score (nSPS) is 15.8. The zero-order chi connectivity index (χ0) is 17.9. The van der Waals surface area contributed by atoms with Gasteiger partial charge in [-0.05, 0) is 34.2 Å². The Morgan fingerprint density at radius 2 is 1.92 bits per heavy atom. The number of fused-ring (bicyclic) bond motifs is 1. The molecule has 2 N–H and O–H groups in total. The Hall–Kier alpha value is -3.55. The van der Waals surface area contributed by atoms with Gasteiger partial charge in [0, 0.05) is 12.0 Å². The number of benzene rings is 2. The SMILES string of the molecule is O=C1N[C@H](C(=O)NCc2nnnn2-c2ccccc2)Cc2ccccc21. The van der Waals surface area contributed by atoms with E-state index in [2.05, 4.69) is 26.2 Å². The topological polar surface area (TPSA) is 102 Å². The molecule has 0 bridgehead atoms. The van der Waals surface area contributed by atoms with Crippen LogP contribution >= 0.6 is 0 Å². The first kappa shape index (κ1) is 15.9. The third-order valence-corrected chi connectivity index (χ3v) is 4.26. The second-order valence-electron chi connectivity index (χ2n) is 5.95. The number of nitrogens with zero attached hydrogens (tertiary/aromatic N) is 4. The van der Waals surface area contributed by atoms with Crippen LogP contribution < -0.4 is 10.6 Å². The van der Waals surface area contributed by atoms with E-state index >= 15 is 0 Å². The molecule has 130 valence electrons. The van der Waals surface area contributed by atoms with Crippen LogP contribution in [0, 0.1) is 0 Å². The summed E-state index contributed by atoms with van der Waals surface area (Å²) in [5.74, 6) is 0.00340. The van der Waals surface area contributed by atoms with Gasteiger partial charge in [0.2, 0.25) is 5.91 Å². The molecule has 1 aromatic heterocycles. The molecule has 1 aliphatic rings. The molecule has 3 aromatic rings. The summed E-state index contributed by atoms with van der Waals surface area (Å²) in [4.78, 5) is 24.6. The van der Waals surface area contributed by atoms with Crippen molar-refractivity contribution in [3.8, 4) is 5.69 Å². The molecule has 2 heterocycles. The van der Waals surface area contributed by atoms with E-state index in [9.17, 15) is 9.59 Å². The average molecular weight is 348 g/mol. The smallest absolute Gasteiger partial charge is 0.252 e. The Balaban J connectivity index is 1.45. The summed E-state index contributed by atoms with van der Waals surface area (Å²) in [7, 11) is 0. The van der Waals surface area contributed by atoms with Gasteiger partial charge in [-0.1, -0.05) is 36.4 Å². The lowest BCUT2D eigenvalue weighted by atomic mass is 9.95. The third-order valence-electron chi connectivity index (χ3n) is 4.26. The molecular formula is C18H16N6O2. The van der Waals surface area contributed by atoms with Crippen LogP contribution in [0.5, 0.6) is 0 Å². The molecule has 0 saturated carbocycles. The molecule has 1 atom stereocenters. The highest BCUT2D eigenvalue weighted by atomic mass is 16.2. The Kier molecular flexibility index (Phi) is 4.14. The van der Waals surface area contributed by atoms with Crippen LogP contribution in [0.3, 0.4) is 0 Å². The molecule has 8 nitrogen and oxygen atoms in total. The lowest BCUT2D eigenvalue weighted by molar-refractivity contribution is -0.123. The van der Waals surface area contributed by atoms with E-state index < -0.39 is 6.04 Å². The molecule has 8 heteroatoms. The van der Waals surface area contributed by atoms with E-state index in [1.807, 2.05) is 48.5 Å². The number of carbonyl (C=O) groups is 2. The third kappa shape index (κ3) is 3.04. The first-order chi connectivity index (χ1) is 12.7. The molecule has 0 spiro atoms. The van der Waals surface area contributed by atoms with Gasteiger partial charge in [-0.25, -0.2) is 0 Å². The minimum absolute atomic E-state index is 0.161. The quantitative estimate of drug-likeness (QED) is 0.720. The van der Waals surface area contributed by atoms with Crippen molar-refractivity contribution in [2.24, 2.45) is 0 Å². The molecule has 2 amide bonds. The van der Waals surface area contributed by atoms with Crippen molar-refractivity contribution in [3.63, 3.8) is 0 Å². The highest BCUT2D eigenvalue weighted by Gasteiger charge is 2.28. The monoisotopic (exact) mass is 348 g/mol. The second-order valence-corrected chi connectivity index (χ2v) is 5.95. The first-order valence-corrected chi connectivity index (χ1v) is 8.21. The fraction of sp³-hybridized carbons (Fsp3) is 0.167. The summed E-state index contributed by atoms with van der Waals surface area (Å²) in [5.41, 5.74) is 2.29. The van der Waals surface area contributed by atoms with Crippen LogP contribution in [0.15, 0.2) is 54.6 Å². The summed E-state index contributed by atoms with van der Waals surface area (Å²) < 4.78 is 1.56. The minimum Gasteiger partial charge on any atom is -0.347 e. The fourth-order valence-corrected chi connectivity index (χ4v) is 2.96. The van der Waals surface area contributed by atoms with Crippen molar-refractivity contribution in [2.75, 3.05) is 0 Å². The molecule has 0 radical (unpaired) electrons. The number of tetrazole rings is 1. The van der Waals surface area contributed by atoms with Gasteiger partial charge in [-0.3, -0.25) is 9.59 Å². The number of para-hydroxylation sites is 1. The Morgan fingerprint density at radius 1 is 1.15 bits per heavy atom. The number of hydrogen-bond acceptors (Lipinski definition) is 5. The van der Waals surface area contributed by atoms with Crippen LogP contribution in [0.2, 0.25) is 0 Å². The van der Waals surface area contributed by atoms with Crippen molar-refractivity contribution in [2.45, 2.75) is 19.0 Å². The van der Waals surface area contributed by atoms with Gasteiger partial charge in [-0.2, -0.15) is 4.68 Å². The maximum absolute atomic E-state index is 12.5. The van der Waals surface area contributed by atoms with Crippen molar-refractivity contribution >= 4 is 11.8 Å². The van der Waals surface area contributed by atoms with E-state index in [0.29, 0.717) is 17.8 Å². The van der Waals surface area contributed by atoms with Gasteiger partial charge in [0.05, 0.1) is 12.2 Å². The lowest BCUT2D eigenvalue weighted by Crippen LogP contribution is -2.50. The molecule has 0 aliphatic carbocycles. The van der Waals surface area contributed by atoms with Gasteiger partial charge in [0.25, 0.3) is 5.91 Å². The largest absolute Gasteiger partial charge is 0.347 e. The van der Waals surface area contributed by atoms with Crippen LogP contribution in [0.25, 0.3) is 5.69 Å². The van der Waals surface area contributed by atoms with Crippen LogP contribution in [-0.2, 0) is 17.8 Å². The fourth-order valence-electron chi connectivity index (χ4n) is 2.96. The molecule has 0 fully saturated rings. The van der Waals surface area contributed by atoms with Crippen molar-refractivity contribution in [3.05, 3.63) is 71.5 Å². The van der Waals surface area contributed by atoms with Gasteiger partial charge >= 0.3 is 0 Å². The summed E-state index contributed by atoms with van der Waals surface area (Å²) in [5, 5.41) is 17.1. The second kappa shape index (κ2) is 6.75. The predicted molar refractivity (Wildman–Crippen MR) is 92.4 cm³/mol.